The first-order valence-electron chi connectivity index (χ1n) is 9.69. The molecule has 3 aromatic heterocycles. The lowest BCUT2D eigenvalue weighted by atomic mass is 10.1. The van der Waals surface area contributed by atoms with Crippen molar-refractivity contribution in [1.82, 2.24) is 19.3 Å². The zero-order valence-electron chi connectivity index (χ0n) is 16.0. The smallest absolute Gasteiger partial charge is 0.137 e. The molecule has 1 aromatic carbocycles. The normalized spacial score (nSPS) is 15.2. The van der Waals surface area contributed by atoms with Crippen LogP contribution in [0.3, 0.4) is 0 Å². The van der Waals surface area contributed by atoms with E-state index in [1.54, 1.807) is 0 Å². The van der Waals surface area contributed by atoms with Crippen LogP contribution in [0.25, 0.3) is 28.0 Å². The van der Waals surface area contributed by atoms with Gasteiger partial charge in [-0.15, -0.1) is 0 Å². The molecule has 0 spiro atoms. The van der Waals surface area contributed by atoms with Crippen LogP contribution in [-0.2, 0) is 0 Å². The number of piperazine rings is 1. The number of benzene rings is 1. The molecule has 0 amide bonds. The Morgan fingerprint density at radius 2 is 1.54 bits per heavy atom. The molecule has 1 aliphatic rings. The van der Waals surface area contributed by atoms with Crippen LogP contribution in [0.1, 0.15) is 0 Å². The number of anilines is 1. The highest BCUT2D eigenvalue weighted by Crippen LogP contribution is 2.27. The maximum Gasteiger partial charge on any atom is 0.137 e. The highest BCUT2D eigenvalue weighted by atomic mass is 15.2. The monoisotopic (exact) mass is 369 g/mol. The Bertz CT molecular complexity index is 1080. The van der Waals surface area contributed by atoms with Gasteiger partial charge in [-0.05, 0) is 54.6 Å². The summed E-state index contributed by atoms with van der Waals surface area (Å²) in [6.07, 6.45) is 7.64. The summed E-state index contributed by atoms with van der Waals surface area (Å²) in [5.74, 6) is 0. The molecule has 0 N–H and O–H groups in total. The minimum Gasteiger partial charge on any atom is -0.369 e. The molecule has 0 aliphatic carbocycles. The average Bonchev–Trinajstić information content (AvgIpc) is 3.18. The Labute approximate surface area is 164 Å². The first-order valence-corrected chi connectivity index (χ1v) is 9.69. The van der Waals surface area contributed by atoms with E-state index in [0.29, 0.717) is 0 Å². The van der Waals surface area contributed by atoms with Crippen molar-refractivity contribution in [2.45, 2.75) is 0 Å². The summed E-state index contributed by atoms with van der Waals surface area (Å²) in [6.45, 7) is 4.43. The number of aromatic nitrogens is 3. The van der Waals surface area contributed by atoms with Gasteiger partial charge in [0.15, 0.2) is 0 Å². The zero-order chi connectivity index (χ0) is 18.9. The number of hydrogen-bond donors (Lipinski definition) is 0. The highest BCUT2D eigenvalue weighted by molar-refractivity contribution is 5.72. The SMILES string of the molecule is CN1CCN(c2ccc(-c3ccn4c(-c5ccncc5)cnc4c3)cc2)CC1. The van der Waals surface area contributed by atoms with E-state index in [1.807, 2.05) is 30.7 Å². The van der Waals surface area contributed by atoms with Crippen LogP contribution in [0.4, 0.5) is 5.69 Å². The summed E-state index contributed by atoms with van der Waals surface area (Å²) in [5.41, 5.74) is 6.85. The molecule has 1 fully saturated rings. The molecule has 1 saturated heterocycles. The van der Waals surface area contributed by atoms with Crippen molar-refractivity contribution in [3.05, 3.63) is 73.3 Å². The van der Waals surface area contributed by atoms with Crippen LogP contribution in [-0.4, -0.2) is 52.5 Å². The summed E-state index contributed by atoms with van der Waals surface area (Å²) in [4.78, 5) is 13.5. The van der Waals surface area contributed by atoms with Gasteiger partial charge >= 0.3 is 0 Å². The van der Waals surface area contributed by atoms with Gasteiger partial charge in [-0.1, -0.05) is 12.1 Å². The van der Waals surface area contributed by atoms with E-state index >= 15 is 0 Å². The minimum atomic E-state index is 0.951. The molecular formula is C23H23N5. The van der Waals surface area contributed by atoms with Crippen molar-refractivity contribution >= 4 is 11.3 Å². The van der Waals surface area contributed by atoms with E-state index in [1.165, 1.54) is 16.8 Å². The molecule has 0 atom stereocenters. The molecule has 140 valence electrons. The highest BCUT2D eigenvalue weighted by Gasteiger charge is 2.14. The molecule has 0 unspecified atom stereocenters. The van der Waals surface area contributed by atoms with Crippen LogP contribution in [0, 0.1) is 0 Å². The van der Waals surface area contributed by atoms with Crippen LogP contribution >= 0.6 is 0 Å². The van der Waals surface area contributed by atoms with Crippen LogP contribution in [0.5, 0.6) is 0 Å². The number of pyridine rings is 2. The van der Waals surface area contributed by atoms with Gasteiger partial charge in [0.1, 0.15) is 5.65 Å². The lowest BCUT2D eigenvalue weighted by molar-refractivity contribution is 0.313. The number of likely N-dealkylation sites (N-methyl/N-ethyl adjacent to an activating group) is 1. The Balaban J connectivity index is 1.42. The predicted molar refractivity (Wildman–Crippen MR) is 114 cm³/mol. The summed E-state index contributed by atoms with van der Waals surface area (Å²) in [7, 11) is 2.19. The van der Waals surface area contributed by atoms with Gasteiger partial charge in [0, 0.05) is 56.0 Å². The maximum absolute atomic E-state index is 4.61. The number of imidazole rings is 1. The molecule has 28 heavy (non-hydrogen) atoms. The second kappa shape index (κ2) is 7.09. The Morgan fingerprint density at radius 1 is 0.786 bits per heavy atom. The van der Waals surface area contributed by atoms with E-state index in [-0.39, 0.29) is 0 Å². The van der Waals surface area contributed by atoms with Gasteiger partial charge < -0.3 is 9.80 Å². The molecule has 0 bridgehead atoms. The average molecular weight is 369 g/mol. The maximum atomic E-state index is 4.61. The molecular weight excluding hydrogens is 346 g/mol. The molecule has 4 aromatic rings. The van der Waals surface area contributed by atoms with Crippen molar-refractivity contribution in [3.63, 3.8) is 0 Å². The van der Waals surface area contributed by atoms with Gasteiger partial charge in [0.2, 0.25) is 0 Å². The number of nitrogens with zero attached hydrogens (tertiary/aromatic N) is 5. The van der Waals surface area contributed by atoms with Crippen LogP contribution < -0.4 is 4.90 Å². The third kappa shape index (κ3) is 3.14. The fourth-order valence-corrected chi connectivity index (χ4v) is 3.83. The third-order valence-corrected chi connectivity index (χ3v) is 5.56. The van der Waals surface area contributed by atoms with Crippen LogP contribution in [0.2, 0.25) is 0 Å². The van der Waals surface area contributed by atoms with Crippen molar-refractivity contribution in [1.29, 1.82) is 0 Å². The third-order valence-electron chi connectivity index (χ3n) is 5.56. The molecule has 0 saturated carbocycles. The van der Waals surface area contributed by atoms with Gasteiger partial charge in [-0.2, -0.15) is 0 Å². The standard InChI is InChI=1S/C23H23N5/c1-26-12-14-27(15-13-26)21-4-2-18(3-5-21)20-8-11-28-22(17-25-23(28)16-20)19-6-9-24-10-7-19/h2-11,16-17H,12-15H2,1H3. The number of fused-ring (bicyclic) bond motifs is 1. The van der Waals surface area contributed by atoms with E-state index in [2.05, 4.69) is 73.8 Å². The van der Waals surface area contributed by atoms with Gasteiger partial charge in [0.05, 0.1) is 11.9 Å². The Hall–Kier alpha value is -3.18. The van der Waals surface area contributed by atoms with E-state index in [4.69, 9.17) is 0 Å². The molecule has 5 rings (SSSR count). The zero-order valence-corrected chi connectivity index (χ0v) is 16.0. The molecule has 5 nitrogen and oxygen atoms in total. The summed E-state index contributed by atoms with van der Waals surface area (Å²) < 4.78 is 2.12. The van der Waals surface area contributed by atoms with E-state index in [0.717, 1.165) is 43.1 Å². The predicted octanol–water partition coefficient (Wildman–Crippen LogP) is 3.82. The van der Waals surface area contributed by atoms with Crippen molar-refractivity contribution in [2.24, 2.45) is 0 Å². The molecule has 1 aliphatic heterocycles. The van der Waals surface area contributed by atoms with Gasteiger partial charge in [0.25, 0.3) is 0 Å². The second-order valence-corrected chi connectivity index (χ2v) is 7.36. The summed E-state index contributed by atoms with van der Waals surface area (Å²) in [6, 6.07) is 17.2. The molecule has 4 heterocycles. The van der Waals surface area contributed by atoms with Crippen molar-refractivity contribution < 1.29 is 0 Å². The Kier molecular flexibility index (Phi) is 4.29. The molecule has 0 radical (unpaired) electrons. The Morgan fingerprint density at radius 3 is 2.29 bits per heavy atom. The lowest BCUT2D eigenvalue weighted by Gasteiger charge is -2.34. The second-order valence-electron chi connectivity index (χ2n) is 7.36. The minimum absolute atomic E-state index is 0.951. The summed E-state index contributed by atoms with van der Waals surface area (Å²) in [5, 5.41) is 0. The first-order chi connectivity index (χ1) is 13.8. The van der Waals surface area contributed by atoms with Crippen molar-refractivity contribution in [2.75, 3.05) is 38.1 Å². The quantitative estimate of drug-likeness (QED) is 0.550. The lowest BCUT2D eigenvalue weighted by Crippen LogP contribution is -2.44. The largest absolute Gasteiger partial charge is 0.369 e. The van der Waals surface area contributed by atoms with Crippen LogP contribution in [0.15, 0.2) is 73.3 Å². The molecule has 5 heteroatoms. The first kappa shape index (κ1) is 17.0. The fourth-order valence-electron chi connectivity index (χ4n) is 3.83. The topological polar surface area (TPSA) is 36.7 Å². The van der Waals surface area contributed by atoms with E-state index < -0.39 is 0 Å². The number of rotatable bonds is 3. The van der Waals surface area contributed by atoms with Crippen molar-refractivity contribution in [3.8, 4) is 22.4 Å². The van der Waals surface area contributed by atoms with E-state index in [9.17, 15) is 0 Å². The fraction of sp³-hybridized carbons (Fsp3) is 0.217. The summed E-state index contributed by atoms with van der Waals surface area (Å²) >= 11 is 0. The van der Waals surface area contributed by atoms with Gasteiger partial charge in [-0.25, -0.2) is 4.98 Å². The number of hydrogen-bond acceptors (Lipinski definition) is 4. The van der Waals surface area contributed by atoms with Gasteiger partial charge in [-0.3, -0.25) is 9.38 Å².